The van der Waals surface area contributed by atoms with Crippen molar-refractivity contribution in [2.75, 3.05) is 6.61 Å². The minimum atomic E-state index is -0.542. The molecule has 0 saturated carbocycles. The molecule has 1 aromatic rings. The number of rotatable bonds is 4. The fourth-order valence-electron chi connectivity index (χ4n) is 1.20. The lowest BCUT2D eigenvalue weighted by Crippen LogP contribution is -2.12. The molecule has 0 heterocycles. The van der Waals surface area contributed by atoms with Gasteiger partial charge in [-0.25, -0.2) is 0 Å². The first-order valence-electron chi connectivity index (χ1n) is 4.69. The normalized spacial score (nSPS) is 9.94. The van der Waals surface area contributed by atoms with Crippen molar-refractivity contribution in [1.29, 1.82) is 0 Å². The van der Waals surface area contributed by atoms with Crippen LogP contribution in [0.15, 0.2) is 22.7 Å². The molecule has 0 spiro atoms. The summed E-state index contributed by atoms with van der Waals surface area (Å²) in [6, 6.07) is 5.02. The molecule has 0 unspecified atom stereocenters. The maximum Gasteiger partial charge on any atom is 0.313 e. The molecule has 5 heteroatoms. The van der Waals surface area contributed by atoms with E-state index in [0.29, 0.717) is 15.1 Å². The summed E-state index contributed by atoms with van der Waals surface area (Å²) >= 11 is 9.10. The molecular formula is C11H10BrClO3. The molecule has 0 fully saturated rings. The topological polar surface area (TPSA) is 43.4 Å². The first-order chi connectivity index (χ1) is 7.56. The Morgan fingerprint density at radius 3 is 2.69 bits per heavy atom. The van der Waals surface area contributed by atoms with Gasteiger partial charge < -0.3 is 4.74 Å². The van der Waals surface area contributed by atoms with Crippen molar-refractivity contribution < 1.29 is 14.3 Å². The predicted octanol–water partition coefficient (Wildman–Crippen LogP) is 3.24. The van der Waals surface area contributed by atoms with Crippen LogP contribution in [0.25, 0.3) is 0 Å². The highest BCUT2D eigenvalue weighted by molar-refractivity contribution is 9.10. The molecule has 0 aliphatic carbocycles. The van der Waals surface area contributed by atoms with Crippen LogP contribution >= 0.6 is 27.5 Å². The van der Waals surface area contributed by atoms with E-state index in [9.17, 15) is 9.59 Å². The zero-order chi connectivity index (χ0) is 12.1. The van der Waals surface area contributed by atoms with Crippen LogP contribution < -0.4 is 0 Å². The molecule has 0 aliphatic rings. The molecular weight excluding hydrogens is 295 g/mol. The Hall–Kier alpha value is -0.870. The second kappa shape index (κ2) is 6.01. The summed E-state index contributed by atoms with van der Waals surface area (Å²) < 4.78 is 5.27. The third-order valence-electron chi connectivity index (χ3n) is 1.85. The van der Waals surface area contributed by atoms with E-state index < -0.39 is 5.97 Å². The maximum absolute atomic E-state index is 11.8. The van der Waals surface area contributed by atoms with Crippen molar-refractivity contribution in [1.82, 2.24) is 0 Å². The largest absolute Gasteiger partial charge is 0.466 e. The molecule has 0 atom stereocenters. The average Bonchev–Trinajstić information content (AvgIpc) is 2.17. The van der Waals surface area contributed by atoms with Gasteiger partial charge in [0.15, 0.2) is 5.78 Å². The van der Waals surface area contributed by atoms with E-state index in [1.807, 2.05) is 0 Å². The molecule has 1 rings (SSSR count). The summed E-state index contributed by atoms with van der Waals surface area (Å²) in [5.74, 6) is -0.893. The molecule has 3 nitrogen and oxygen atoms in total. The summed E-state index contributed by atoms with van der Waals surface area (Å²) in [6.45, 7) is 1.95. The number of ketones is 1. The van der Waals surface area contributed by atoms with Crippen LogP contribution in [-0.2, 0) is 9.53 Å². The molecule has 0 saturated heterocycles. The van der Waals surface area contributed by atoms with Gasteiger partial charge in [-0.3, -0.25) is 9.59 Å². The summed E-state index contributed by atoms with van der Waals surface area (Å²) in [4.78, 5) is 22.9. The summed E-state index contributed by atoms with van der Waals surface area (Å²) in [6.07, 6.45) is -0.295. The van der Waals surface area contributed by atoms with Gasteiger partial charge in [-0.2, -0.15) is 0 Å². The summed E-state index contributed by atoms with van der Waals surface area (Å²) in [7, 11) is 0. The number of hydrogen-bond donors (Lipinski definition) is 0. The van der Waals surface area contributed by atoms with Gasteiger partial charge in [0.05, 0.1) is 17.2 Å². The van der Waals surface area contributed by atoms with E-state index in [0.717, 1.165) is 0 Å². The minimum Gasteiger partial charge on any atom is -0.466 e. The van der Waals surface area contributed by atoms with E-state index in [-0.39, 0.29) is 18.8 Å². The van der Waals surface area contributed by atoms with Crippen molar-refractivity contribution >= 4 is 39.3 Å². The van der Waals surface area contributed by atoms with E-state index in [1.54, 1.807) is 25.1 Å². The Morgan fingerprint density at radius 1 is 1.44 bits per heavy atom. The Bertz CT molecular complexity index is 397. The van der Waals surface area contributed by atoms with Gasteiger partial charge in [0, 0.05) is 4.47 Å². The Morgan fingerprint density at radius 2 is 2.12 bits per heavy atom. The molecule has 0 N–H and O–H groups in total. The number of esters is 1. The van der Waals surface area contributed by atoms with Crippen LogP contribution in [0.1, 0.15) is 23.7 Å². The zero-order valence-electron chi connectivity index (χ0n) is 8.63. The first-order valence-corrected chi connectivity index (χ1v) is 5.86. The second-order valence-electron chi connectivity index (χ2n) is 3.00. The van der Waals surface area contributed by atoms with E-state index in [2.05, 4.69) is 15.9 Å². The van der Waals surface area contributed by atoms with Gasteiger partial charge in [0.2, 0.25) is 0 Å². The van der Waals surface area contributed by atoms with Crippen molar-refractivity contribution in [3.8, 4) is 0 Å². The Labute approximate surface area is 107 Å². The SMILES string of the molecule is CCOC(=O)CC(=O)c1c(Cl)cccc1Br. The summed E-state index contributed by atoms with van der Waals surface area (Å²) in [5.41, 5.74) is 0.317. The molecule has 86 valence electrons. The smallest absolute Gasteiger partial charge is 0.313 e. The van der Waals surface area contributed by atoms with Gasteiger partial charge in [-0.15, -0.1) is 0 Å². The van der Waals surface area contributed by atoms with Crippen LogP contribution in [0.5, 0.6) is 0 Å². The molecule has 0 amide bonds. The summed E-state index contributed by atoms with van der Waals surface area (Å²) in [5, 5.41) is 0.323. The van der Waals surface area contributed by atoms with Crippen LogP contribution in [0.4, 0.5) is 0 Å². The highest BCUT2D eigenvalue weighted by Crippen LogP contribution is 2.25. The number of ether oxygens (including phenoxy) is 1. The van der Waals surface area contributed by atoms with Crippen molar-refractivity contribution in [2.45, 2.75) is 13.3 Å². The lowest BCUT2D eigenvalue weighted by Gasteiger charge is -2.05. The fraction of sp³-hybridized carbons (Fsp3) is 0.273. The van der Waals surface area contributed by atoms with Gasteiger partial charge in [-0.1, -0.05) is 17.7 Å². The number of hydrogen-bond acceptors (Lipinski definition) is 3. The zero-order valence-corrected chi connectivity index (χ0v) is 11.0. The number of carbonyl (C=O) groups is 2. The average molecular weight is 306 g/mol. The van der Waals surface area contributed by atoms with E-state index in [4.69, 9.17) is 16.3 Å². The quantitative estimate of drug-likeness (QED) is 0.487. The van der Waals surface area contributed by atoms with Gasteiger partial charge in [0.25, 0.3) is 0 Å². The van der Waals surface area contributed by atoms with Crippen molar-refractivity contribution in [3.05, 3.63) is 33.3 Å². The molecule has 16 heavy (non-hydrogen) atoms. The van der Waals surface area contributed by atoms with Crippen LogP contribution in [0, 0.1) is 0 Å². The number of halogens is 2. The lowest BCUT2D eigenvalue weighted by atomic mass is 10.1. The number of benzene rings is 1. The fourth-order valence-corrected chi connectivity index (χ4v) is 2.18. The third kappa shape index (κ3) is 3.32. The van der Waals surface area contributed by atoms with E-state index >= 15 is 0 Å². The molecule has 0 aliphatic heterocycles. The van der Waals surface area contributed by atoms with Crippen molar-refractivity contribution in [3.63, 3.8) is 0 Å². The highest BCUT2D eigenvalue weighted by Gasteiger charge is 2.17. The number of Topliss-reactive ketones (excluding diaryl/α,β-unsaturated/α-hetero) is 1. The highest BCUT2D eigenvalue weighted by atomic mass is 79.9. The molecule has 0 radical (unpaired) electrons. The number of carbonyl (C=O) groups excluding carboxylic acids is 2. The molecule has 1 aromatic carbocycles. The van der Waals surface area contributed by atoms with Gasteiger partial charge >= 0.3 is 5.97 Å². The Kier molecular flexibility index (Phi) is 4.96. The van der Waals surface area contributed by atoms with Crippen LogP contribution in [0.2, 0.25) is 5.02 Å². The monoisotopic (exact) mass is 304 g/mol. The van der Waals surface area contributed by atoms with Crippen molar-refractivity contribution in [2.24, 2.45) is 0 Å². The minimum absolute atomic E-state index is 0.260. The molecule has 0 aromatic heterocycles. The van der Waals surface area contributed by atoms with Gasteiger partial charge in [0.1, 0.15) is 6.42 Å². The third-order valence-corrected chi connectivity index (χ3v) is 2.83. The first kappa shape index (κ1) is 13.2. The lowest BCUT2D eigenvalue weighted by molar-refractivity contribution is -0.141. The molecule has 0 bridgehead atoms. The maximum atomic E-state index is 11.8. The standard InChI is InChI=1S/C11H10BrClO3/c1-2-16-10(15)6-9(14)11-7(12)4-3-5-8(11)13/h3-5H,2,6H2,1H3. The second-order valence-corrected chi connectivity index (χ2v) is 4.26. The van der Waals surface area contributed by atoms with Gasteiger partial charge in [-0.05, 0) is 35.0 Å². The van der Waals surface area contributed by atoms with Crippen LogP contribution in [0.3, 0.4) is 0 Å². The van der Waals surface area contributed by atoms with E-state index in [1.165, 1.54) is 0 Å². The van der Waals surface area contributed by atoms with Crippen LogP contribution in [-0.4, -0.2) is 18.4 Å². The predicted molar refractivity (Wildman–Crippen MR) is 64.7 cm³/mol. The Balaban J connectivity index is 2.85.